The van der Waals surface area contributed by atoms with Gasteiger partial charge in [-0.25, -0.2) is 4.79 Å². The summed E-state index contributed by atoms with van der Waals surface area (Å²) in [6.45, 7) is 2.73. The van der Waals surface area contributed by atoms with E-state index in [9.17, 15) is 14.9 Å². The maximum absolute atomic E-state index is 12.4. The summed E-state index contributed by atoms with van der Waals surface area (Å²) in [5.41, 5.74) is 1.23. The fourth-order valence-corrected chi connectivity index (χ4v) is 3.57. The van der Waals surface area contributed by atoms with E-state index in [1.807, 2.05) is 12.1 Å². The van der Waals surface area contributed by atoms with Gasteiger partial charge in [0.2, 0.25) is 0 Å². The second-order valence-electron chi connectivity index (χ2n) is 7.20. The minimum atomic E-state index is -0.488. The molecule has 1 atom stereocenters. The van der Waals surface area contributed by atoms with Crippen LogP contribution in [0.5, 0.6) is 5.75 Å². The summed E-state index contributed by atoms with van der Waals surface area (Å²) in [5.74, 6) is 0.297. The third kappa shape index (κ3) is 5.92. The fraction of sp³-hybridized carbons (Fsp3) is 0.381. The van der Waals surface area contributed by atoms with Gasteiger partial charge in [0.25, 0.3) is 5.69 Å². The molecule has 1 heterocycles. The van der Waals surface area contributed by atoms with E-state index >= 15 is 0 Å². The van der Waals surface area contributed by atoms with Crippen molar-refractivity contribution in [2.75, 3.05) is 26.7 Å². The number of nitro groups is 1. The Morgan fingerprint density at radius 2 is 1.93 bits per heavy atom. The van der Waals surface area contributed by atoms with Crippen molar-refractivity contribution in [1.82, 2.24) is 9.80 Å². The van der Waals surface area contributed by atoms with E-state index in [0.717, 1.165) is 43.9 Å². The van der Waals surface area contributed by atoms with Gasteiger partial charge < -0.3 is 14.5 Å². The molecule has 0 aromatic heterocycles. The number of benzene rings is 2. The molecule has 0 saturated carbocycles. The molecule has 2 aromatic rings. The number of carbonyl (C=O) groups excluding carboxylic acids is 1. The summed E-state index contributed by atoms with van der Waals surface area (Å²) in [7, 11) is 1.73. The summed E-state index contributed by atoms with van der Waals surface area (Å²) in [4.78, 5) is 26.6. The SMILES string of the molecule is CN(C(=O)Oc1ccc([N+](=O)[O-])cc1)[C@@H]1CCN(CCCc2ccc(Cl)cc2)C1. The van der Waals surface area contributed by atoms with Crippen LogP contribution in [0.2, 0.25) is 5.02 Å². The van der Waals surface area contributed by atoms with Crippen LogP contribution >= 0.6 is 11.6 Å². The zero-order valence-electron chi connectivity index (χ0n) is 16.3. The Morgan fingerprint density at radius 3 is 2.59 bits per heavy atom. The van der Waals surface area contributed by atoms with E-state index < -0.39 is 11.0 Å². The van der Waals surface area contributed by atoms with Gasteiger partial charge in [0.05, 0.1) is 4.92 Å². The molecule has 29 heavy (non-hydrogen) atoms. The lowest BCUT2D eigenvalue weighted by atomic mass is 10.1. The van der Waals surface area contributed by atoms with E-state index in [1.54, 1.807) is 11.9 Å². The Hall–Kier alpha value is -2.64. The highest BCUT2D eigenvalue weighted by atomic mass is 35.5. The average Bonchev–Trinajstić information content (AvgIpc) is 3.18. The van der Waals surface area contributed by atoms with Crippen LogP contribution in [0, 0.1) is 10.1 Å². The van der Waals surface area contributed by atoms with E-state index in [2.05, 4.69) is 17.0 Å². The maximum Gasteiger partial charge on any atom is 0.415 e. The highest BCUT2D eigenvalue weighted by Crippen LogP contribution is 2.20. The van der Waals surface area contributed by atoms with Crippen molar-refractivity contribution in [3.8, 4) is 5.75 Å². The minimum absolute atomic E-state index is 0.0387. The molecule has 154 valence electrons. The van der Waals surface area contributed by atoms with Crippen molar-refractivity contribution < 1.29 is 14.5 Å². The van der Waals surface area contributed by atoms with Crippen LogP contribution in [-0.4, -0.2) is 53.5 Å². The minimum Gasteiger partial charge on any atom is -0.410 e. The summed E-state index contributed by atoms with van der Waals surface area (Å²) in [6.07, 6.45) is 2.49. The van der Waals surface area contributed by atoms with Crippen molar-refractivity contribution in [2.24, 2.45) is 0 Å². The highest BCUT2D eigenvalue weighted by molar-refractivity contribution is 6.30. The number of nitro benzene ring substituents is 1. The average molecular weight is 418 g/mol. The molecule has 3 rings (SSSR count). The van der Waals surface area contributed by atoms with Crippen molar-refractivity contribution in [1.29, 1.82) is 0 Å². The molecule has 1 fully saturated rings. The van der Waals surface area contributed by atoms with Gasteiger partial charge in [-0.15, -0.1) is 0 Å². The Labute approximate surface area is 175 Å². The smallest absolute Gasteiger partial charge is 0.410 e. The molecule has 0 aliphatic carbocycles. The van der Waals surface area contributed by atoms with E-state index in [-0.39, 0.29) is 11.7 Å². The van der Waals surface area contributed by atoms with Crippen LogP contribution in [0.15, 0.2) is 48.5 Å². The number of non-ortho nitro benzene ring substituents is 1. The monoisotopic (exact) mass is 417 g/mol. The van der Waals surface area contributed by atoms with Crippen molar-refractivity contribution in [2.45, 2.75) is 25.3 Å². The second-order valence-corrected chi connectivity index (χ2v) is 7.64. The van der Waals surface area contributed by atoms with Gasteiger partial charge in [-0.05, 0) is 55.6 Å². The van der Waals surface area contributed by atoms with Gasteiger partial charge in [-0.1, -0.05) is 23.7 Å². The van der Waals surface area contributed by atoms with Crippen LogP contribution in [0.4, 0.5) is 10.5 Å². The number of carbonyl (C=O) groups is 1. The Bertz CT molecular complexity index is 842. The zero-order chi connectivity index (χ0) is 20.8. The molecule has 0 spiro atoms. The number of likely N-dealkylation sites (tertiary alicyclic amines) is 1. The van der Waals surface area contributed by atoms with E-state index in [1.165, 1.54) is 29.8 Å². The van der Waals surface area contributed by atoms with E-state index in [4.69, 9.17) is 16.3 Å². The summed E-state index contributed by atoms with van der Waals surface area (Å²) in [5, 5.41) is 11.4. The number of aryl methyl sites for hydroxylation is 1. The van der Waals surface area contributed by atoms with Gasteiger partial charge in [0.1, 0.15) is 5.75 Å². The topological polar surface area (TPSA) is 75.9 Å². The summed E-state index contributed by atoms with van der Waals surface area (Å²) >= 11 is 5.91. The van der Waals surface area contributed by atoms with Gasteiger partial charge >= 0.3 is 6.09 Å². The number of hydrogen-bond acceptors (Lipinski definition) is 5. The maximum atomic E-state index is 12.4. The first-order valence-electron chi connectivity index (χ1n) is 9.58. The number of amides is 1. The molecule has 8 heteroatoms. The van der Waals surface area contributed by atoms with Crippen molar-refractivity contribution in [3.05, 3.63) is 69.2 Å². The summed E-state index contributed by atoms with van der Waals surface area (Å²) in [6, 6.07) is 13.5. The normalized spacial score (nSPS) is 16.6. The van der Waals surface area contributed by atoms with Crippen LogP contribution < -0.4 is 4.74 Å². The number of rotatable bonds is 7. The standard InChI is InChI=1S/C21H24ClN3O4/c1-23(21(26)29-20-10-8-18(9-11-20)25(27)28)19-12-14-24(15-19)13-2-3-16-4-6-17(22)7-5-16/h4-11,19H,2-3,12-15H2,1H3/t19-/m1/s1. The number of ether oxygens (including phenoxy) is 1. The molecule has 0 radical (unpaired) electrons. The molecular weight excluding hydrogens is 394 g/mol. The van der Waals surface area contributed by atoms with Crippen molar-refractivity contribution in [3.63, 3.8) is 0 Å². The summed E-state index contributed by atoms with van der Waals surface area (Å²) < 4.78 is 5.34. The third-order valence-electron chi connectivity index (χ3n) is 5.19. The largest absolute Gasteiger partial charge is 0.415 e. The number of nitrogens with zero attached hydrogens (tertiary/aromatic N) is 3. The van der Waals surface area contributed by atoms with Gasteiger partial charge in [0.15, 0.2) is 0 Å². The Kier molecular flexibility index (Phi) is 7.06. The lowest BCUT2D eigenvalue weighted by molar-refractivity contribution is -0.384. The molecule has 0 unspecified atom stereocenters. The molecule has 1 amide bonds. The lowest BCUT2D eigenvalue weighted by Gasteiger charge is -2.24. The first-order chi connectivity index (χ1) is 13.9. The lowest BCUT2D eigenvalue weighted by Crippen LogP contribution is -2.40. The molecule has 1 aliphatic rings. The number of hydrogen-bond donors (Lipinski definition) is 0. The van der Waals surface area contributed by atoms with Crippen LogP contribution in [0.3, 0.4) is 0 Å². The predicted molar refractivity (Wildman–Crippen MR) is 112 cm³/mol. The first kappa shape index (κ1) is 21.1. The number of likely N-dealkylation sites (N-methyl/N-ethyl adjacent to an activating group) is 1. The number of halogens is 1. The Balaban J connectivity index is 1.43. The molecule has 1 saturated heterocycles. The predicted octanol–water partition coefficient (Wildman–Crippen LogP) is 4.39. The molecule has 2 aromatic carbocycles. The zero-order valence-corrected chi connectivity index (χ0v) is 17.0. The fourth-order valence-electron chi connectivity index (χ4n) is 3.45. The molecular formula is C21H24ClN3O4. The highest BCUT2D eigenvalue weighted by Gasteiger charge is 2.29. The van der Waals surface area contributed by atoms with Crippen molar-refractivity contribution >= 4 is 23.4 Å². The van der Waals surface area contributed by atoms with Gasteiger partial charge in [-0.2, -0.15) is 0 Å². The van der Waals surface area contributed by atoms with Crippen LogP contribution in [0.1, 0.15) is 18.4 Å². The van der Waals surface area contributed by atoms with E-state index in [0.29, 0.717) is 5.75 Å². The second kappa shape index (κ2) is 9.71. The first-order valence-corrected chi connectivity index (χ1v) is 9.96. The third-order valence-corrected chi connectivity index (χ3v) is 5.44. The molecule has 0 N–H and O–H groups in total. The van der Waals surface area contributed by atoms with Gasteiger partial charge in [0, 0.05) is 43.3 Å². The molecule has 0 bridgehead atoms. The van der Waals surface area contributed by atoms with Crippen LogP contribution in [-0.2, 0) is 6.42 Å². The van der Waals surface area contributed by atoms with Gasteiger partial charge in [-0.3, -0.25) is 10.1 Å². The van der Waals surface area contributed by atoms with Crippen LogP contribution in [0.25, 0.3) is 0 Å². The molecule has 7 nitrogen and oxygen atoms in total. The quantitative estimate of drug-likeness (QED) is 0.493. The Morgan fingerprint density at radius 1 is 1.24 bits per heavy atom. The molecule has 1 aliphatic heterocycles.